The molecule has 9 heteroatoms. The van der Waals surface area contributed by atoms with Crippen LogP contribution in [0.3, 0.4) is 0 Å². The van der Waals surface area contributed by atoms with Crippen LogP contribution >= 0.6 is 0 Å². The zero-order valence-electron chi connectivity index (χ0n) is 13.6. The number of H-pyrrole nitrogens is 3. The van der Waals surface area contributed by atoms with Crippen molar-refractivity contribution in [3.8, 4) is 11.3 Å². The van der Waals surface area contributed by atoms with E-state index in [2.05, 4.69) is 20.2 Å². The lowest BCUT2D eigenvalue weighted by molar-refractivity contribution is 0.242. The van der Waals surface area contributed by atoms with Crippen LogP contribution in [0, 0.1) is 11.6 Å². The van der Waals surface area contributed by atoms with Crippen LogP contribution in [0.4, 0.5) is 8.78 Å². The molecule has 26 heavy (non-hydrogen) atoms. The van der Waals surface area contributed by atoms with Crippen LogP contribution in [0.2, 0.25) is 0 Å². The Bertz CT molecular complexity index is 1060. The molecule has 1 aromatic carbocycles. The van der Waals surface area contributed by atoms with E-state index in [4.69, 9.17) is 0 Å². The second kappa shape index (κ2) is 6.34. The molecule has 1 aliphatic rings. The van der Waals surface area contributed by atoms with Crippen molar-refractivity contribution in [1.29, 1.82) is 0 Å². The Hall–Kier alpha value is -3.07. The molecule has 1 aliphatic heterocycles. The van der Waals surface area contributed by atoms with Gasteiger partial charge in [-0.15, -0.1) is 0 Å². The summed E-state index contributed by atoms with van der Waals surface area (Å²) in [5, 5.41) is 7.21. The molecule has 0 amide bonds. The topological polar surface area (TPSA) is 97.6 Å². The van der Waals surface area contributed by atoms with Gasteiger partial charge in [0.1, 0.15) is 0 Å². The molecule has 4 rings (SSSR count). The van der Waals surface area contributed by atoms with E-state index in [1.165, 1.54) is 12.1 Å². The second-order valence-corrected chi connectivity index (χ2v) is 6.23. The molecular weight excluding hydrogens is 344 g/mol. The van der Waals surface area contributed by atoms with E-state index in [9.17, 15) is 18.4 Å². The SMILES string of the molecule is O=c1cc(CN2CCc3[nH]nc(-c4ccc(F)c(F)c4)c3C2)[nH]c(=O)[nH]1. The molecule has 134 valence electrons. The fourth-order valence-electron chi connectivity index (χ4n) is 3.21. The number of hydrogen-bond acceptors (Lipinski definition) is 4. The lowest BCUT2D eigenvalue weighted by Gasteiger charge is -2.26. The molecule has 7 nitrogen and oxygen atoms in total. The average Bonchev–Trinajstić information content (AvgIpc) is 2.99. The summed E-state index contributed by atoms with van der Waals surface area (Å²) >= 11 is 0. The van der Waals surface area contributed by atoms with Crippen LogP contribution in [0.5, 0.6) is 0 Å². The van der Waals surface area contributed by atoms with Crippen molar-refractivity contribution in [3.63, 3.8) is 0 Å². The Morgan fingerprint density at radius 3 is 2.73 bits per heavy atom. The summed E-state index contributed by atoms with van der Waals surface area (Å²) in [6, 6.07) is 5.04. The van der Waals surface area contributed by atoms with Crippen molar-refractivity contribution in [2.75, 3.05) is 6.54 Å². The van der Waals surface area contributed by atoms with Crippen molar-refractivity contribution in [2.45, 2.75) is 19.5 Å². The molecule has 3 aromatic rings. The van der Waals surface area contributed by atoms with E-state index >= 15 is 0 Å². The quantitative estimate of drug-likeness (QED) is 0.656. The lowest BCUT2D eigenvalue weighted by Crippen LogP contribution is -2.32. The summed E-state index contributed by atoms with van der Waals surface area (Å²) in [4.78, 5) is 29.6. The number of nitrogens with one attached hydrogen (secondary N) is 3. The van der Waals surface area contributed by atoms with Gasteiger partial charge in [-0.3, -0.25) is 19.8 Å². The van der Waals surface area contributed by atoms with Crippen LogP contribution in [-0.2, 0) is 19.5 Å². The monoisotopic (exact) mass is 359 g/mol. The minimum Gasteiger partial charge on any atom is -0.310 e. The van der Waals surface area contributed by atoms with Gasteiger partial charge >= 0.3 is 5.69 Å². The van der Waals surface area contributed by atoms with E-state index < -0.39 is 22.9 Å². The summed E-state index contributed by atoms with van der Waals surface area (Å²) in [5.74, 6) is -1.83. The zero-order valence-corrected chi connectivity index (χ0v) is 13.6. The largest absolute Gasteiger partial charge is 0.325 e. The van der Waals surface area contributed by atoms with E-state index in [0.29, 0.717) is 43.0 Å². The second-order valence-electron chi connectivity index (χ2n) is 6.23. The van der Waals surface area contributed by atoms with Gasteiger partial charge in [-0.05, 0) is 18.2 Å². The Morgan fingerprint density at radius 2 is 1.96 bits per heavy atom. The zero-order chi connectivity index (χ0) is 18.3. The first-order valence-corrected chi connectivity index (χ1v) is 8.06. The predicted molar refractivity (Wildman–Crippen MR) is 89.4 cm³/mol. The molecule has 0 spiro atoms. The van der Waals surface area contributed by atoms with Crippen molar-refractivity contribution >= 4 is 0 Å². The Balaban J connectivity index is 1.62. The smallest absolute Gasteiger partial charge is 0.310 e. The summed E-state index contributed by atoms with van der Waals surface area (Å²) in [5.41, 5.74) is 2.42. The molecule has 0 bridgehead atoms. The highest BCUT2D eigenvalue weighted by Gasteiger charge is 2.23. The Morgan fingerprint density at radius 1 is 1.12 bits per heavy atom. The summed E-state index contributed by atoms with van der Waals surface area (Å²) in [6.45, 7) is 1.61. The van der Waals surface area contributed by atoms with Gasteiger partial charge in [0.2, 0.25) is 0 Å². The fraction of sp³-hybridized carbons (Fsp3) is 0.235. The molecule has 0 aliphatic carbocycles. The van der Waals surface area contributed by atoms with Crippen molar-refractivity contribution < 1.29 is 8.78 Å². The van der Waals surface area contributed by atoms with Gasteiger partial charge in [0.15, 0.2) is 11.6 Å². The van der Waals surface area contributed by atoms with Crippen LogP contribution in [-0.4, -0.2) is 31.6 Å². The molecule has 3 N–H and O–H groups in total. The van der Waals surface area contributed by atoms with Crippen molar-refractivity contribution in [3.05, 3.63) is 73.7 Å². The highest BCUT2D eigenvalue weighted by molar-refractivity contribution is 5.64. The van der Waals surface area contributed by atoms with Crippen LogP contribution in [0.15, 0.2) is 33.9 Å². The molecule has 0 atom stereocenters. The van der Waals surface area contributed by atoms with Crippen LogP contribution in [0.1, 0.15) is 17.0 Å². The first kappa shape index (κ1) is 16.4. The maximum absolute atomic E-state index is 13.6. The average molecular weight is 359 g/mol. The number of halogens is 2. The molecule has 0 saturated carbocycles. The third-order valence-electron chi connectivity index (χ3n) is 4.42. The number of rotatable bonds is 3. The first-order valence-electron chi connectivity index (χ1n) is 8.06. The first-order chi connectivity index (χ1) is 12.5. The number of aromatic amines is 3. The number of hydrogen-bond donors (Lipinski definition) is 3. The van der Waals surface area contributed by atoms with Gasteiger partial charge in [0.05, 0.1) is 5.69 Å². The minimum atomic E-state index is -0.923. The normalized spacial score (nSPS) is 14.4. The molecule has 2 aromatic heterocycles. The maximum Gasteiger partial charge on any atom is 0.325 e. The van der Waals surface area contributed by atoms with E-state index in [0.717, 1.165) is 23.4 Å². The lowest BCUT2D eigenvalue weighted by atomic mass is 10.0. The van der Waals surface area contributed by atoms with Gasteiger partial charge in [-0.25, -0.2) is 13.6 Å². The fourth-order valence-corrected chi connectivity index (χ4v) is 3.21. The standard InChI is InChI=1S/C17H15F2N5O2/c18-12-2-1-9(5-13(12)19)16-11-8-24(4-3-14(11)22-23-16)7-10-6-15(25)21-17(26)20-10/h1-2,5-6H,3-4,7-8H2,(H,22,23)(H2,20,21,25,26). The summed E-state index contributed by atoms with van der Waals surface area (Å²) in [7, 11) is 0. The van der Waals surface area contributed by atoms with Gasteiger partial charge in [-0.2, -0.15) is 5.10 Å². The predicted octanol–water partition coefficient (Wildman–Crippen LogP) is 1.29. The van der Waals surface area contributed by atoms with E-state index in [1.807, 2.05) is 4.90 Å². The minimum absolute atomic E-state index is 0.390. The molecular formula is C17H15F2N5O2. The van der Waals surface area contributed by atoms with Gasteiger partial charge in [-0.1, -0.05) is 0 Å². The van der Waals surface area contributed by atoms with Gasteiger partial charge in [0, 0.05) is 54.6 Å². The Kier molecular flexibility index (Phi) is 4.00. The van der Waals surface area contributed by atoms with Crippen molar-refractivity contribution in [1.82, 2.24) is 25.1 Å². The third kappa shape index (κ3) is 3.08. The molecule has 0 radical (unpaired) electrons. The highest BCUT2D eigenvalue weighted by atomic mass is 19.2. The number of fused-ring (bicyclic) bond motifs is 1. The van der Waals surface area contributed by atoms with Crippen LogP contribution in [0.25, 0.3) is 11.3 Å². The molecule has 0 saturated heterocycles. The van der Waals surface area contributed by atoms with Gasteiger partial charge in [0.25, 0.3) is 5.56 Å². The molecule has 0 unspecified atom stereocenters. The van der Waals surface area contributed by atoms with Crippen LogP contribution < -0.4 is 11.2 Å². The van der Waals surface area contributed by atoms with Gasteiger partial charge < -0.3 is 4.98 Å². The molecule has 3 heterocycles. The van der Waals surface area contributed by atoms with E-state index in [-0.39, 0.29) is 0 Å². The molecule has 0 fully saturated rings. The number of nitrogens with zero attached hydrogens (tertiary/aromatic N) is 2. The summed E-state index contributed by atoms with van der Waals surface area (Å²) in [6.07, 6.45) is 0.694. The highest BCUT2D eigenvalue weighted by Crippen LogP contribution is 2.29. The van der Waals surface area contributed by atoms with Crippen molar-refractivity contribution in [2.24, 2.45) is 0 Å². The third-order valence-corrected chi connectivity index (χ3v) is 4.42. The summed E-state index contributed by atoms with van der Waals surface area (Å²) < 4.78 is 26.7. The Labute approximate surface area is 145 Å². The number of benzene rings is 1. The number of aromatic nitrogens is 4. The van der Waals surface area contributed by atoms with E-state index in [1.54, 1.807) is 0 Å². The maximum atomic E-state index is 13.6.